The zero-order valence-electron chi connectivity index (χ0n) is 7.05. The van der Waals surface area contributed by atoms with Gasteiger partial charge in [-0.3, -0.25) is 0 Å². The molecule has 0 fully saturated rings. The molecule has 2 N–H and O–H groups in total. The highest BCUT2D eigenvalue weighted by Crippen LogP contribution is 2.10. The molecule has 2 rings (SSSR count). The predicted octanol–water partition coefficient (Wildman–Crippen LogP) is 0.378. The second-order valence-corrected chi connectivity index (χ2v) is 2.67. The largest absolute Gasteiger partial charge is 0.468 e. The SMILES string of the molecule is NCc1occc1Cn1cncn1. The summed E-state index contributed by atoms with van der Waals surface area (Å²) in [4.78, 5) is 3.85. The third-order valence-corrected chi connectivity index (χ3v) is 1.82. The van der Waals surface area contributed by atoms with Gasteiger partial charge in [0, 0.05) is 5.56 Å². The number of rotatable bonds is 3. The fourth-order valence-electron chi connectivity index (χ4n) is 1.18. The number of hydrogen-bond donors (Lipinski definition) is 1. The molecule has 2 aromatic rings. The number of nitrogens with two attached hydrogens (primary N) is 1. The maximum absolute atomic E-state index is 5.48. The molecule has 5 heteroatoms. The van der Waals surface area contributed by atoms with E-state index < -0.39 is 0 Å². The molecule has 0 saturated carbocycles. The first kappa shape index (κ1) is 8.00. The van der Waals surface area contributed by atoms with Gasteiger partial charge >= 0.3 is 0 Å². The second kappa shape index (κ2) is 3.40. The van der Waals surface area contributed by atoms with Crippen LogP contribution in [-0.2, 0) is 13.1 Å². The van der Waals surface area contributed by atoms with Crippen molar-refractivity contribution in [1.29, 1.82) is 0 Å². The van der Waals surface area contributed by atoms with E-state index in [1.807, 2.05) is 6.07 Å². The van der Waals surface area contributed by atoms with E-state index in [9.17, 15) is 0 Å². The fraction of sp³-hybridized carbons (Fsp3) is 0.250. The summed E-state index contributed by atoms with van der Waals surface area (Å²) in [5.41, 5.74) is 6.53. The van der Waals surface area contributed by atoms with Crippen LogP contribution in [0, 0.1) is 0 Å². The van der Waals surface area contributed by atoms with Crippen LogP contribution in [0.25, 0.3) is 0 Å². The van der Waals surface area contributed by atoms with Gasteiger partial charge in [-0.2, -0.15) is 5.10 Å². The van der Waals surface area contributed by atoms with Crippen LogP contribution >= 0.6 is 0 Å². The lowest BCUT2D eigenvalue weighted by atomic mass is 10.2. The van der Waals surface area contributed by atoms with E-state index in [2.05, 4.69) is 10.1 Å². The third-order valence-electron chi connectivity index (χ3n) is 1.82. The quantitative estimate of drug-likeness (QED) is 0.737. The zero-order valence-corrected chi connectivity index (χ0v) is 7.05. The highest BCUT2D eigenvalue weighted by Gasteiger charge is 2.04. The monoisotopic (exact) mass is 178 g/mol. The van der Waals surface area contributed by atoms with E-state index in [0.717, 1.165) is 11.3 Å². The molecule has 0 aromatic carbocycles. The van der Waals surface area contributed by atoms with Gasteiger partial charge in [0.25, 0.3) is 0 Å². The summed E-state index contributed by atoms with van der Waals surface area (Å²) < 4.78 is 6.90. The summed E-state index contributed by atoms with van der Waals surface area (Å²) in [5.74, 6) is 0.801. The molecule has 0 atom stereocenters. The lowest BCUT2D eigenvalue weighted by molar-refractivity contribution is 0.503. The molecule has 0 aliphatic carbocycles. The van der Waals surface area contributed by atoms with Crippen LogP contribution in [0.1, 0.15) is 11.3 Å². The summed E-state index contributed by atoms with van der Waals surface area (Å²) in [6, 6.07) is 1.89. The van der Waals surface area contributed by atoms with E-state index in [0.29, 0.717) is 13.1 Å². The van der Waals surface area contributed by atoms with E-state index in [1.54, 1.807) is 17.3 Å². The minimum Gasteiger partial charge on any atom is -0.468 e. The van der Waals surface area contributed by atoms with Gasteiger partial charge in [-0.05, 0) is 6.07 Å². The molecular formula is C8H10N4O. The molecule has 0 amide bonds. The molecular weight excluding hydrogens is 168 g/mol. The highest BCUT2D eigenvalue weighted by atomic mass is 16.3. The molecule has 0 aliphatic rings. The van der Waals surface area contributed by atoms with Crippen molar-refractivity contribution >= 4 is 0 Å². The first-order chi connectivity index (χ1) is 6.40. The third kappa shape index (κ3) is 1.59. The number of nitrogens with zero attached hydrogens (tertiary/aromatic N) is 3. The van der Waals surface area contributed by atoms with E-state index in [1.165, 1.54) is 6.33 Å². The van der Waals surface area contributed by atoms with Gasteiger partial charge in [-0.25, -0.2) is 9.67 Å². The molecule has 13 heavy (non-hydrogen) atoms. The first-order valence-electron chi connectivity index (χ1n) is 3.98. The number of aromatic nitrogens is 3. The Morgan fingerprint density at radius 2 is 2.46 bits per heavy atom. The van der Waals surface area contributed by atoms with Crippen molar-refractivity contribution in [2.24, 2.45) is 5.73 Å². The molecule has 0 bridgehead atoms. The van der Waals surface area contributed by atoms with Crippen molar-refractivity contribution < 1.29 is 4.42 Å². The van der Waals surface area contributed by atoms with Gasteiger partial charge in [0.2, 0.25) is 0 Å². The Morgan fingerprint density at radius 1 is 1.54 bits per heavy atom. The van der Waals surface area contributed by atoms with Gasteiger partial charge in [0.1, 0.15) is 18.4 Å². The molecule has 0 aliphatic heterocycles. The lowest BCUT2D eigenvalue weighted by Gasteiger charge is -1.99. The van der Waals surface area contributed by atoms with E-state index >= 15 is 0 Å². The van der Waals surface area contributed by atoms with Gasteiger partial charge in [-0.1, -0.05) is 0 Å². The van der Waals surface area contributed by atoms with Crippen LogP contribution in [0.2, 0.25) is 0 Å². The Kier molecular flexibility index (Phi) is 2.09. The first-order valence-corrected chi connectivity index (χ1v) is 3.98. The van der Waals surface area contributed by atoms with Gasteiger partial charge < -0.3 is 10.2 Å². The highest BCUT2D eigenvalue weighted by molar-refractivity contribution is 5.16. The topological polar surface area (TPSA) is 69.9 Å². The summed E-state index contributed by atoms with van der Waals surface area (Å²) >= 11 is 0. The Bertz CT molecular complexity index is 365. The second-order valence-electron chi connectivity index (χ2n) is 2.67. The Hall–Kier alpha value is -1.62. The molecule has 2 heterocycles. The van der Waals surface area contributed by atoms with Crippen molar-refractivity contribution in [2.75, 3.05) is 0 Å². The molecule has 2 aromatic heterocycles. The Balaban J connectivity index is 2.18. The van der Waals surface area contributed by atoms with Crippen molar-refractivity contribution in [3.63, 3.8) is 0 Å². The Morgan fingerprint density at radius 3 is 3.15 bits per heavy atom. The summed E-state index contributed by atoms with van der Waals surface area (Å²) in [7, 11) is 0. The van der Waals surface area contributed by atoms with Crippen molar-refractivity contribution in [2.45, 2.75) is 13.1 Å². The van der Waals surface area contributed by atoms with Crippen molar-refractivity contribution in [3.8, 4) is 0 Å². The smallest absolute Gasteiger partial charge is 0.137 e. The minimum absolute atomic E-state index is 0.414. The van der Waals surface area contributed by atoms with Crippen LogP contribution in [0.15, 0.2) is 29.4 Å². The minimum atomic E-state index is 0.414. The molecule has 0 unspecified atom stereocenters. The van der Waals surface area contributed by atoms with Crippen LogP contribution < -0.4 is 5.73 Å². The molecule has 0 spiro atoms. The fourth-order valence-corrected chi connectivity index (χ4v) is 1.18. The maximum atomic E-state index is 5.48. The molecule has 5 nitrogen and oxygen atoms in total. The van der Waals surface area contributed by atoms with Crippen LogP contribution in [-0.4, -0.2) is 14.8 Å². The standard InChI is InChI=1S/C8H10N4O/c9-3-8-7(1-2-13-8)4-12-6-10-5-11-12/h1-2,5-6H,3-4,9H2. The van der Waals surface area contributed by atoms with Crippen LogP contribution in [0.5, 0.6) is 0 Å². The molecule has 68 valence electrons. The summed E-state index contributed by atoms with van der Waals surface area (Å²) in [6.45, 7) is 1.07. The normalized spacial score (nSPS) is 10.5. The number of furan rings is 1. The average molecular weight is 178 g/mol. The predicted molar refractivity (Wildman–Crippen MR) is 45.7 cm³/mol. The van der Waals surface area contributed by atoms with E-state index in [4.69, 9.17) is 10.2 Å². The lowest BCUT2D eigenvalue weighted by Crippen LogP contribution is -2.04. The van der Waals surface area contributed by atoms with Gasteiger partial charge in [0.05, 0.1) is 19.4 Å². The molecule has 0 radical (unpaired) electrons. The van der Waals surface area contributed by atoms with E-state index in [-0.39, 0.29) is 0 Å². The average Bonchev–Trinajstić information content (AvgIpc) is 2.76. The van der Waals surface area contributed by atoms with Crippen molar-refractivity contribution in [3.05, 3.63) is 36.3 Å². The Labute approximate surface area is 75.2 Å². The van der Waals surface area contributed by atoms with Crippen LogP contribution in [0.4, 0.5) is 0 Å². The van der Waals surface area contributed by atoms with Crippen LogP contribution in [0.3, 0.4) is 0 Å². The van der Waals surface area contributed by atoms with Crippen molar-refractivity contribution in [1.82, 2.24) is 14.8 Å². The molecule has 0 saturated heterocycles. The zero-order chi connectivity index (χ0) is 9.10. The maximum Gasteiger partial charge on any atom is 0.137 e. The number of hydrogen-bond acceptors (Lipinski definition) is 4. The summed E-state index contributed by atoms with van der Waals surface area (Å²) in [5, 5.41) is 3.99. The van der Waals surface area contributed by atoms with Gasteiger partial charge in [-0.15, -0.1) is 0 Å². The van der Waals surface area contributed by atoms with Gasteiger partial charge in [0.15, 0.2) is 0 Å². The summed E-state index contributed by atoms with van der Waals surface area (Å²) in [6.07, 6.45) is 4.80.